The number of halogens is 1. The number of benzene rings is 1. The van der Waals surface area contributed by atoms with Gasteiger partial charge in [-0.05, 0) is 39.2 Å². The third-order valence-corrected chi connectivity index (χ3v) is 2.22. The molecular formula is C12H19ClN2O2. The number of phenols is 1. The average molecular weight is 259 g/mol. The van der Waals surface area contributed by atoms with Gasteiger partial charge in [-0.25, -0.2) is 0 Å². The molecular weight excluding hydrogens is 240 g/mol. The Balaban J connectivity index is 0.00000256. The lowest BCUT2D eigenvalue weighted by molar-refractivity contribution is 0.0949. The largest absolute Gasteiger partial charge is 0.507 e. The van der Waals surface area contributed by atoms with Gasteiger partial charge in [-0.3, -0.25) is 4.79 Å². The van der Waals surface area contributed by atoms with Crippen molar-refractivity contribution in [1.82, 2.24) is 10.2 Å². The second-order valence-electron chi connectivity index (χ2n) is 3.93. The van der Waals surface area contributed by atoms with E-state index in [-0.39, 0.29) is 24.1 Å². The van der Waals surface area contributed by atoms with Gasteiger partial charge in [0.05, 0.1) is 5.56 Å². The van der Waals surface area contributed by atoms with E-state index in [1.54, 1.807) is 18.2 Å². The van der Waals surface area contributed by atoms with Crippen LogP contribution in [0.15, 0.2) is 24.3 Å². The first-order valence-corrected chi connectivity index (χ1v) is 5.32. The van der Waals surface area contributed by atoms with E-state index in [1.165, 1.54) is 6.07 Å². The molecule has 0 unspecified atom stereocenters. The van der Waals surface area contributed by atoms with Crippen molar-refractivity contribution >= 4 is 18.3 Å². The maximum absolute atomic E-state index is 11.6. The average Bonchev–Trinajstić information content (AvgIpc) is 2.24. The van der Waals surface area contributed by atoms with Crippen molar-refractivity contribution < 1.29 is 9.90 Å². The number of nitrogens with zero attached hydrogens (tertiary/aromatic N) is 1. The number of nitrogens with one attached hydrogen (secondary N) is 1. The predicted octanol–water partition coefficient (Wildman–Crippen LogP) is 1.50. The van der Waals surface area contributed by atoms with Gasteiger partial charge in [0.2, 0.25) is 0 Å². The number of hydrogen-bond donors (Lipinski definition) is 2. The minimum Gasteiger partial charge on any atom is -0.507 e. The Morgan fingerprint density at radius 1 is 1.35 bits per heavy atom. The Bertz CT molecular complexity index is 356. The normalized spacial score (nSPS) is 9.82. The van der Waals surface area contributed by atoms with Gasteiger partial charge in [0.1, 0.15) is 5.75 Å². The molecule has 1 aromatic carbocycles. The van der Waals surface area contributed by atoms with Crippen LogP contribution in [0.25, 0.3) is 0 Å². The van der Waals surface area contributed by atoms with Gasteiger partial charge in [0.25, 0.3) is 5.91 Å². The number of carbonyl (C=O) groups is 1. The molecule has 0 aliphatic heterocycles. The molecule has 0 aliphatic rings. The van der Waals surface area contributed by atoms with E-state index in [0.29, 0.717) is 12.1 Å². The molecule has 0 heterocycles. The maximum Gasteiger partial charge on any atom is 0.255 e. The van der Waals surface area contributed by atoms with Crippen LogP contribution in [0.5, 0.6) is 5.75 Å². The second kappa shape index (κ2) is 7.92. The fourth-order valence-corrected chi connectivity index (χ4v) is 1.36. The molecule has 0 saturated heterocycles. The molecule has 0 aromatic heterocycles. The number of rotatable bonds is 5. The summed E-state index contributed by atoms with van der Waals surface area (Å²) in [5, 5.41) is 12.2. The monoisotopic (exact) mass is 258 g/mol. The van der Waals surface area contributed by atoms with Crippen molar-refractivity contribution in [3.63, 3.8) is 0 Å². The Kier molecular flexibility index (Phi) is 7.34. The van der Waals surface area contributed by atoms with Gasteiger partial charge in [0, 0.05) is 6.54 Å². The van der Waals surface area contributed by atoms with Gasteiger partial charge in [-0.15, -0.1) is 12.4 Å². The van der Waals surface area contributed by atoms with E-state index in [1.807, 2.05) is 14.1 Å². The summed E-state index contributed by atoms with van der Waals surface area (Å²) in [7, 11) is 3.98. The smallest absolute Gasteiger partial charge is 0.255 e. The zero-order valence-electron chi connectivity index (χ0n) is 10.1. The fraction of sp³-hybridized carbons (Fsp3) is 0.417. The molecule has 4 nitrogen and oxygen atoms in total. The highest BCUT2D eigenvalue weighted by molar-refractivity contribution is 5.96. The van der Waals surface area contributed by atoms with Crippen molar-refractivity contribution in [2.75, 3.05) is 27.2 Å². The molecule has 0 spiro atoms. The van der Waals surface area contributed by atoms with Crippen LogP contribution in [-0.2, 0) is 0 Å². The van der Waals surface area contributed by atoms with Gasteiger partial charge >= 0.3 is 0 Å². The molecule has 1 rings (SSSR count). The van der Waals surface area contributed by atoms with E-state index < -0.39 is 0 Å². The van der Waals surface area contributed by atoms with Crippen LogP contribution in [0.3, 0.4) is 0 Å². The summed E-state index contributed by atoms with van der Waals surface area (Å²) in [4.78, 5) is 13.7. The van der Waals surface area contributed by atoms with Crippen LogP contribution in [0.4, 0.5) is 0 Å². The lowest BCUT2D eigenvalue weighted by Gasteiger charge is -2.10. The number of carbonyl (C=O) groups excluding carboxylic acids is 1. The highest BCUT2D eigenvalue weighted by Gasteiger charge is 2.08. The molecule has 96 valence electrons. The molecule has 1 aromatic rings. The zero-order chi connectivity index (χ0) is 12.0. The third kappa shape index (κ3) is 5.56. The maximum atomic E-state index is 11.6. The van der Waals surface area contributed by atoms with Crippen LogP contribution >= 0.6 is 12.4 Å². The van der Waals surface area contributed by atoms with E-state index in [4.69, 9.17) is 0 Å². The van der Waals surface area contributed by atoms with Crippen LogP contribution < -0.4 is 5.32 Å². The molecule has 0 aliphatic carbocycles. The van der Waals surface area contributed by atoms with Crippen LogP contribution in [0.2, 0.25) is 0 Å². The number of phenolic OH excluding ortho intramolecular Hbond substituents is 1. The molecule has 0 saturated carbocycles. The molecule has 1 amide bonds. The number of aromatic hydroxyl groups is 1. The van der Waals surface area contributed by atoms with Crippen molar-refractivity contribution in [2.24, 2.45) is 0 Å². The Morgan fingerprint density at radius 3 is 2.59 bits per heavy atom. The molecule has 0 bridgehead atoms. The highest BCUT2D eigenvalue weighted by Crippen LogP contribution is 2.14. The lowest BCUT2D eigenvalue weighted by Crippen LogP contribution is -2.27. The minimum atomic E-state index is -0.225. The summed E-state index contributed by atoms with van der Waals surface area (Å²) < 4.78 is 0. The molecule has 0 fully saturated rings. The molecule has 2 N–H and O–H groups in total. The van der Waals surface area contributed by atoms with Crippen molar-refractivity contribution in [1.29, 1.82) is 0 Å². The predicted molar refractivity (Wildman–Crippen MR) is 70.9 cm³/mol. The minimum absolute atomic E-state index is 0. The first-order chi connectivity index (χ1) is 7.61. The first-order valence-electron chi connectivity index (χ1n) is 5.32. The van der Waals surface area contributed by atoms with E-state index >= 15 is 0 Å². The molecule has 0 atom stereocenters. The van der Waals surface area contributed by atoms with E-state index in [9.17, 15) is 9.90 Å². The van der Waals surface area contributed by atoms with E-state index in [2.05, 4.69) is 10.2 Å². The van der Waals surface area contributed by atoms with Crippen LogP contribution in [0.1, 0.15) is 16.8 Å². The number of para-hydroxylation sites is 1. The Hall–Kier alpha value is -1.26. The fourth-order valence-electron chi connectivity index (χ4n) is 1.36. The second-order valence-corrected chi connectivity index (χ2v) is 3.93. The summed E-state index contributed by atoms with van der Waals surface area (Å²) in [6.07, 6.45) is 0.895. The zero-order valence-corrected chi connectivity index (χ0v) is 11.0. The Morgan fingerprint density at radius 2 is 2.00 bits per heavy atom. The van der Waals surface area contributed by atoms with Crippen molar-refractivity contribution in [3.05, 3.63) is 29.8 Å². The first kappa shape index (κ1) is 15.7. The van der Waals surface area contributed by atoms with Crippen molar-refractivity contribution in [3.8, 4) is 5.75 Å². The van der Waals surface area contributed by atoms with Gasteiger partial charge < -0.3 is 15.3 Å². The number of amides is 1. The van der Waals surface area contributed by atoms with Crippen LogP contribution in [0, 0.1) is 0 Å². The lowest BCUT2D eigenvalue weighted by atomic mass is 10.2. The summed E-state index contributed by atoms with van der Waals surface area (Å²) >= 11 is 0. The van der Waals surface area contributed by atoms with Crippen molar-refractivity contribution in [2.45, 2.75) is 6.42 Å². The van der Waals surface area contributed by atoms with Crippen LogP contribution in [-0.4, -0.2) is 43.1 Å². The van der Waals surface area contributed by atoms with Gasteiger partial charge in [-0.2, -0.15) is 0 Å². The molecule has 0 radical (unpaired) electrons. The quantitative estimate of drug-likeness (QED) is 0.787. The highest BCUT2D eigenvalue weighted by atomic mass is 35.5. The summed E-state index contributed by atoms with van der Waals surface area (Å²) in [5.74, 6) is -0.204. The summed E-state index contributed by atoms with van der Waals surface area (Å²) in [6.45, 7) is 1.55. The Labute approximate surface area is 108 Å². The summed E-state index contributed by atoms with van der Waals surface area (Å²) in [5.41, 5.74) is 0.326. The van der Waals surface area contributed by atoms with E-state index in [0.717, 1.165) is 13.0 Å². The standard InChI is InChI=1S/C12H18N2O2.ClH/c1-14(2)9-5-8-13-12(16)10-6-3-4-7-11(10)15;/h3-4,6-7,15H,5,8-9H2,1-2H3,(H,13,16);1H. The third-order valence-electron chi connectivity index (χ3n) is 2.22. The SMILES string of the molecule is CN(C)CCCNC(=O)c1ccccc1O.Cl. The van der Waals surface area contributed by atoms with Gasteiger partial charge in [0.15, 0.2) is 0 Å². The molecule has 5 heteroatoms. The van der Waals surface area contributed by atoms with Gasteiger partial charge in [-0.1, -0.05) is 12.1 Å². The topological polar surface area (TPSA) is 52.6 Å². The molecule has 17 heavy (non-hydrogen) atoms. The number of hydrogen-bond acceptors (Lipinski definition) is 3. The summed E-state index contributed by atoms with van der Waals surface area (Å²) in [6, 6.07) is 6.54.